The Hall–Kier alpha value is -0.410. The minimum absolute atomic E-state index is 1.26. The van der Waals surface area contributed by atoms with Crippen LogP contribution in [0.3, 0.4) is 0 Å². The largest absolute Gasteiger partial charge is 0.212 e. The highest BCUT2D eigenvalue weighted by Gasteiger charge is 2.03. The van der Waals surface area contributed by atoms with Crippen molar-refractivity contribution in [1.29, 1.82) is 0 Å². The second-order valence-corrected chi connectivity index (χ2v) is 3.59. The highest BCUT2D eigenvalue weighted by molar-refractivity contribution is 8.14. The van der Waals surface area contributed by atoms with Crippen molar-refractivity contribution in [1.82, 2.24) is 0 Å². The van der Waals surface area contributed by atoms with Crippen molar-refractivity contribution in [3.05, 3.63) is 24.3 Å². The summed E-state index contributed by atoms with van der Waals surface area (Å²) in [6.07, 6.45) is 0. The summed E-state index contributed by atoms with van der Waals surface area (Å²) < 4.78 is 4.07. The molecule has 0 amide bonds. The Labute approximate surface area is 68.1 Å². The zero-order valence-corrected chi connectivity index (χ0v) is 6.78. The molecular formula is C7H5NS2. The topological polar surface area (TPSA) is 12.4 Å². The first kappa shape index (κ1) is 6.31. The third kappa shape index (κ3) is 1.07. The van der Waals surface area contributed by atoms with Crippen LogP contribution >= 0.6 is 23.7 Å². The molecule has 0 aliphatic carbocycles. The van der Waals surface area contributed by atoms with Gasteiger partial charge in [-0.1, -0.05) is 23.9 Å². The monoisotopic (exact) mass is 167 g/mol. The fraction of sp³-hybridized carbons (Fsp3) is 0. The molecule has 0 bridgehead atoms. The minimum atomic E-state index is 1.26. The molecule has 0 aromatic heterocycles. The van der Waals surface area contributed by atoms with Crippen LogP contribution < -0.4 is 0 Å². The number of benzene rings is 1. The van der Waals surface area contributed by atoms with Gasteiger partial charge in [0.15, 0.2) is 0 Å². The summed E-state index contributed by atoms with van der Waals surface area (Å²) >= 11 is 3.21. The van der Waals surface area contributed by atoms with Crippen LogP contribution in [0.5, 0.6) is 0 Å². The van der Waals surface area contributed by atoms with Crippen LogP contribution in [0.15, 0.2) is 38.5 Å². The molecule has 1 nitrogen and oxygen atoms in total. The van der Waals surface area contributed by atoms with Crippen LogP contribution in [-0.4, -0.2) is 5.55 Å². The summed E-state index contributed by atoms with van der Waals surface area (Å²) in [5, 5.41) is 0. The van der Waals surface area contributed by atoms with Crippen molar-refractivity contribution in [3.8, 4) is 0 Å². The third-order valence-electron chi connectivity index (χ3n) is 1.22. The fourth-order valence-electron chi connectivity index (χ4n) is 0.780. The van der Waals surface area contributed by atoms with Crippen LogP contribution in [0, 0.1) is 0 Å². The molecule has 0 N–H and O–H groups in total. The highest BCUT2D eigenvalue weighted by atomic mass is 32.2. The van der Waals surface area contributed by atoms with Gasteiger partial charge in [-0.05, 0) is 12.1 Å². The van der Waals surface area contributed by atoms with Crippen molar-refractivity contribution in [3.63, 3.8) is 0 Å². The first-order valence-electron chi connectivity index (χ1n) is 2.91. The molecule has 1 aliphatic rings. The lowest BCUT2D eigenvalue weighted by molar-refractivity contribution is 1.25. The van der Waals surface area contributed by atoms with E-state index in [4.69, 9.17) is 0 Å². The van der Waals surface area contributed by atoms with Crippen molar-refractivity contribution >= 4 is 29.3 Å². The van der Waals surface area contributed by atoms with Gasteiger partial charge in [-0.25, -0.2) is 4.40 Å². The van der Waals surface area contributed by atoms with E-state index in [0.717, 1.165) is 0 Å². The fourth-order valence-corrected chi connectivity index (χ4v) is 2.25. The summed E-state index contributed by atoms with van der Waals surface area (Å²) in [5.41, 5.74) is 1.87. The molecule has 3 heteroatoms. The lowest BCUT2D eigenvalue weighted by Gasteiger charge is -2.05. The molecule has 1 aromatic carbocycles. The first-order valence-corrected chi connectivity index (χ1v) is 4.57. The molecule has 2 rings (SSSR count). The lowest BCUT2D eigenvalue weighted by Crippen LogP contribution is -1.80. The molecule has 0 fully saturated rings. The third-order valence-corrected chi connectivity index (χ3v) is 3.07. The Bertz CT molecular complexity index is 243. The zero-order valence-electron chi connectivity index (χ0n) is 5.15. The predicted molar refractivity (Wildman–Crippen MR) is 46.6 cm³/mol. The summed E-state index contributed by atoms with van der Waals surface area (Å²) in [5.74, 6) is 0. The van der Waals surface area contributed by atoms with Gasteiger partial charge < -0.3 is 0 Å². The maximum absolute atomic E-state index is 4.07. The number of fused-ring (bicyclic) bond motifs is 1. The molecule has 50 valence electrons. The Morgan fingerprint density at radius 1 is 1.10 bits per heavy atom. The molecule has 0 spiro atoms. The minimum Gasteiger partial charge on any atom is -0.212 e. The molecule has 0 saturated heterocycles. The predicted octanol–water partition coefficient (Wildman–Crippen LogP) is 2.83. The maximum Gasteiger partial charge on any atom is 0.0732 e. The van der Waals surface area contributed by atoms with E-state index >= 15 is 0 Å². The van der Waals surface area contributed by atoms with Gasteiger partial charge in [0, 0.05) is 21.7 Å². The van der Waals surface area contributed by atoms with E-state index in [9.17, 15) is 0 Å². The highest BCUT2D eigenvalue weighted by Crippen LogP contribution is 2.34. The first-order chi connectivity index (χ1) is 4.97. The normalized spacial score (nSPS) is 14.8. The Kier molecular flexibility index (Phi) is 1.69. The average Bonchev–Trinajstić information content (AvgIpc) is 2.05. The molecule has 0 saturated carbocycles. The Morgan fingerprint density at radius 3 is 2.70 bits per heavy atom. The van der Waals surface area contributed by atoms with E-state index in [0.29, 0.717) is 0 Å². The summed E-state index contributed by atoms with van der Waals surface area (Å²) in [6.45, 7) is 0. The van der Waals surface area contributed by atoms with Gasteiger partial charge in [0.05, 0.1) is 5.55 Å². The standard InChI is InChI=1S/C7H5NS2/c1-2-4-7-6(3-1)9-5-8-10-7/h1-5H. The number of rotatable bonds is 0. The van der Waals surface area contributed by atoms with Crippen LogP contribution in [-0.2, 0) is 0 Å². The van der Waals surface area contributed by atoms with Crippen molar-refractivity contribution < 1.29 is 0 Å². The van der Waals surface area contributed by atoms with Crippen LogP contribution in [0.4, 0.5) is 0 Å². The lowest BCUT2D eigenvalue weighted by atomic mass is 10.4. The summed E-state index contributed by atoms with van der Waals surface area (Å²) in [4.78, 5) is 2.57. The van der Waals surface area contributed by atoms with E-state index in [1.165, 1.54) is 21.7 Å². The van der Waals surface area contributed by atoms with E-state index in [1.807, 2.05) is 17.7 Å². The van der Waals surface area contributed by atoms with Gasteiger partial charge in [0.2, 0.25) is 0 Å². The van der Waals surface area contributed by atoms with E-state index in [2.05, 4.69) is 16.5 Å². The molecule has 0 radical (unpaired) electrons. The zero-order chi connectivity index (χ0) is 6.81. The molecule has 1 aromatic rings. The van der Waals surface area contributed by atoms with Gasteiger partial charge in [0.1, 0.15) is 0 Å². The van der Waals surface area contributed by atoms with Crippen molar-refractivity contribution in [2.75, 3.05) is 0 Å². The molecule has 0 unspecified atom stereocenters. The molecule has 1 heterocycles. The van der Waals surface area contributed by atoms with Crippen LogP contribution in [0.1, 0.15) is 0 Å². The van der Waals surface area contributed by atoms with E-state index < -0.39 is 0 Å². The average molecular weight is 167 g/mol. The SMILES string of the molecule is C1=NSc2ccccc2S1. The Balaban J connectivity index is 2.47. The van der Waals surface area contributed by atoms with E-state index in [1.54, 1.807) is 11.8 Å². The molecule has 1 aliphatic heterocycles. The Morgan fingerprint density at radius 2 is 1.90 bits per heavy atom. The van der Waals surface area contributed by atoms with Gasteiger partial charge in [-0.3, -0.25) is 0 Å². The van der Waals surface area contributed by atoms with Crippen LogP contribution in [0.25, 0.3) is 0 Å². The van der Waals surface area contributed by atoms with Crippen molar-refractivity contribution in [2.45, 2.75) is 9.79 Å². The quantitative estimate of drug-likeness (QED) is 0.551. The van der Waals surface area contributed by atoms with Gasteiger partial charge in [-0.15, -0.1) is 0 Å². The van der Waals surface area contributed by atoms with Gasteiger partial charge in [0.25, 0.3) is 0 Å². The maximum atomic E-state index is 4.07. The number of hydrogen-bond acceptors (Lipinski definition) is 3. The van der Waals surface area contributed by atoms with Gasteiger partial charge >= 0.3 is 0 Å². The molecular weight excluding hydrogens is 162 g/mol. The smallest absolute Gasteiger partial charge is 0.0732 e. The number of nitrogens with zero attached hydrogens (tertiary/aromatic N) is 1. The molecule has 0 atom stereocenters. The second kappa shape index (κ2) is 2.68. The second-order valence-electron chi connectivity index (χ2n) is 1.87. The number of thioether (sulfide) groups is 1. The number of hydrogen-bond donors (Lipinski definition) is 0. The van der Waals surface area contributed by atoms with Gasteiger partial charge in [-0.2, -0.15) is 0 Å². The van der Waals surface area contributed by atoms with Crippen LogP contribution in [0.2, 0.25) is 0 Å². The summed E-state index contributed by atoms with van der Waals surface area (Å²) in [7, 11) is 0. The van der Waals surface area contributed by atoms with E-state index in [-0.39, 0.29) is 0 Å². The van der Waals surface area contributed by atoms with Crippen molar-refractivity contribution in [2.24, 2.45) is 4.40 Å². The molecule has 10 heavy (non-hydrogen) atoms. The summed E-state index contributed by atoms with van der Waals surface area (Å²) in [6, 6.07) is 8.28.